The number of nitrogens with zero attached hydrogens (tertiary/aromatic N) is 2. The summed E-state index contributed by atoms with van der Waals surface area (Å²) < 4.78 is 0. The first-order chi connectivity index (χ1) is 6.50. The molecular weight excluding hydrogens is 176 g/mol. The molecule has 2 heterocycles. The van der Waals surface area contributed by atoms with Gasteiger partial charge in [-0.25, -0.2) is 0 Å². The summed E-state index contributed by atoms with van der Waals surface area (Å²) in [5.41, 5.74) is 9.09. The Bertz CT molecular complexity index is 381. The van der Waals surface area contributed by atoms with Crippen LogP contribution >= 0.6 is 0 Å². The average molecular weight is 192 g/mol. The molecule has 4 nitrogen and oxygen atoms in total. The Labute approximate surface area is 83.6 Å². The first kappa shape index (κ1) is 9.24. The molecule has 0 amide bonds. The highest BCUT2D eigenvalue weighted by atomic mass is 15.2. The quantitative estimate of drug-likeness (QED) is 0.652. The van der Waals surface area contributed by atoms with Crippen molar-refractivity contribution in [2.45, 2.75) is 27.2 Å². The summed E-state index contributed by atoms with van der Waals surface area (Å²) >= 11 is 0. The smallest absolute Gasteiger partial charge is 0.154 e. The summed E-state index contributed by atoms with van der Waals surface area (Å²) in [6, 6.07) is 0. The molecule has 1 aromatic heterocycles. The van der Waals surface area contributed by atoms with Crippen molar-refractivity contribution in [3.8, 4) is 0 Å². The van der Waals surface area contributed by atoms with Crippen molar-refractivity contribution in [2.24, 2.45) is 10.4 Å². The van der Waals surface area contributed by atoms with E-state index in [1.54, 1.807) is 0 Å². The van der Waals surface area contributed by atoms with Gasteiger partial charge in [-0.15, -0.1) is 0 Å². The standard InChI is InChI=1S/C10H16N4/c1-10(2,3)8-7-6(4-5-12-8)13-14-9(7)11/h4-5H2,1-3H3,(H3,11,13,14). The Morgan fingerprint density at radius 1 is 1.36 bits per heavy atom. The molecule has 2 rings (SSSR count). The van der Waals surface area contributed by atoms with Crippen molar-refractivity contribution < 1.29 is 0 Å². The van der Waals surface area contributed by atoms with Crippen molar-refractivity contribution in [2.75, 3.05) is 12.3 Å². The van der Waals surface area contributed by atoms with E-state index in [2.05, 4.69) is 36.0 Å². The number of nitrogen functional groups attached to an aromatic ring is 1. The largest absolute Gasteiger partial charge is 0.382 e. The van der Waals surface area contributed by atoms with Crippen LogP contribution < -0.4 is 5.73 Å². The molecule has 1 aliphatic rings. The minimum absolute atomic E-state index is 0.0349. The van der Waals surface area contributed by atoms with E-state index in [1.165, 1.54) is 0 Å². The maximum absolute atomic E-state index is 5.83. The fraction of sp³-hybridized carbons (Fsp3) is 0.600. The van der Waals surface area contributed by atoms with Gasteiger partial charge in [0.05, 0.1) is 11.3 Å². The summed E-state index contributed by atoms with van der Waals surface area (Å²) in [7, 11) is 0. The van der Waals surface area contributed by atoms with Gasteiger partial charge >= 0.3 is 0 Å². The van der Waals surface area contributed by atoms with Crippen LogP contribution in [-0.2, 0) is 6.42 Å². The van der Waals surface area contributed by atoms with Crippen LogP contribution in [0.25, 0.3) is 0 Å². The zero-order valence-electron chi connectivity index (χ0n) is 8.89. The van der Waals surface area contributed by atoms with Gasteiger partial charge in [0.15, 0.2) is 5.82 Å². The highest BCUT2D eigenvalue weighted by Gasteiger charge is 2.28. The first-order valence-electron chi connectivity index (χ1n) is 4.88. The predicted octanol–water partition coefficient (Wildman–Crippen LogP) is 1.38. The molecule has 0 unspecified atom stereocenters. The van der Waals surface area contributed by atoms with E-state index in [0.29, 0.717) is 5.82 Å². The Hall–Kier alpha value is -1.32. The monoisotopic (exact) mass is 192 g/mol. The molecule has 1 aliphatic heterocycles. The van der Waals surface area contributed by atoms with E-state index in [-0.39, 0.29) is 5.41 Å². The number of nitrogens with one attached hydrogen (secondary N) is 1. The minimum Gasteiger partial charge on any atom is -0.382 e. The summed E-state index contributed by atoms with van der Waals surface area (Å²) in [5.74, 6) is 0.577. The molecule has 0 saturated carbocycles. The topological polar surface area (TPSA) is 67.1 Å². The third-order valence-electron chi connectivity index (χ3n) is 2.45. The molecule has 0 fully saturated rings. The Kier molecular flexibility index (Phi) is 1.87. The molecular formula is C10H16N4. The summed E-state index contributed by atoms with van der Waals surface area (Å²) in [5, 5.41) is 7.01. The summed E-state index contributed by atoms with van der Waals surface area (Å²) in [4.78, 5) is 4.55. The molecule has 0 aliphatic carbocycles. The van der Waals surface area contributed by atoms with E-state index < -0.39 is 0 Å². The second-order valence-corrected chi connectivity index (χ2v) is 4.69. The lowest BCUT2D eigenvalue weighted by molar-refractivity contribution is 0.585. The first-order valence-corrected chi connectivity index (χ1v) is 4.88. The van der Waals surface area contributed by atoms with Gasteiger partial charge in [-0.3, -0.25) is 10.1 Å². The highest BCUT2D eigenvalue weighted by Crippen LogP contribution is 2.29. The molecule has 0 radical (unpaired) electrons. The molecule has 0 atom stereocenters. The number of anilines is 1. The Balaban J connectivity index is 2.55. The van der Waals surface area contributed by atoms with E-state index in [4.69, 9.17) is 5.73 Å². The predicted molar refractivity (Wildman–Crippen MR) is 57.6 cm³/mol. The van der Waals surface area contributed by atoms with Crippen LogP contribution in [0.3, 0.4) is 0 Å². The maximum Gasteiger partial charge on any atom is 0.154 e. The third kappa shape index (κ3) is 1.31. The molecule has 14 heavy (non-hydrogen) atoms. The van der Waals surface area contributed by atoms with Gasteiger partial charge in [-0.05, 0) is 0 Å². The van der Waals surface area contributed by atoms with Crippen LogP contribution in [0.15, 0.2) is 4.99 Å². The number of hydrogen-bond acceptors (Lipinski definition) is 3. The number of hydrogen-bond donors (Lipinski definition) is 2. The SMILES string of the molecule is CC(C)(C)C1=NCCc2[nH]nc(N)c21. The molecule has 0 spiro atoms. The minimum atomic E-state index is 0.0349. The van der Waals surface area contributed by atoms with Crippen LogP contribution in [0, 0.1) is 5.41 Å². The van der Waals surface area contributed by atoms with E-state index in [9.17, 15) is 0 Å². The van der Waals surface area contributed by atoms with E-state index in [0.717, 1.165) is 29.9 Å². The number of aromatic amines is 1. The number of fused-ring (bicyclic) bond motifs is 1. The Morgan fingerprint density at radius 2 is 2.07 bits per heavy atom. The number of H-pyrrole nitrogens is 1. The van der Waals surface area contributed by atoms with Gasteiger partial charge in [0.2, 0.25) is 0 Å². The van der Waals surface area contributed by atoms with Crippen LogP contribution in [0.5, 0.6) is 0 Å². The second kappa shape index (κ2) is 2.83. The summed E-state index contributed by atoms with van der Waals surface area (Å²) in [6.45, 7) is 7.27. The third-order valence-corrected chi connectivity index (χ3v) is 2.45. The highest BCUT2D eigenvalue weighted by molar-refractivity contribution is 6.08. The van der Waals surface area contributed by atoms with Crippen molar-refractivity contribution >= 4 is 11.5 Å². The van der Waals surface area contributed by atoms with Crippen LogP contribution in [-0.4, -0.2) is 22.5 Å². The van der Waals surface area contributed by atoms with Crippen LogP contribution in [0.4, 0.5) is 5.82 Å². The lowest BCUT2D eigenvalue weighted by atomic mass is 9.83. The van der Waals surface area contributed by atoms with E-state index >= 15 is 0 Å². The molecule has 0 aromatic carbocycles. The van der Waals surface area contributed by atoms with Gasteiger partial charge in [-0.1, -0.05) is 20.8 Å². The number of aromatic nitrogens is 2. The Morgan fingerprint density at radius 3 is 2.71 bits per heavy atom. The zero-order valence-corrected chi connectivity index (χ0v) is 8.89. The van der Waals surface area contributed by atoms with Crippen molar-refractivity contribution in [1.29, 1.82) is 0 Å². The average Bonchev–Trinajstić information content (AvgIpc) is 2.46. The van der Waals surface area contributed by atoms with Gasteiger partial charge in [0, 0.05) is 24.1 Å². The fourth-order valence-electron chi connectivity index (χ4n) is 1.81. The van der Waals surface area contributed by atoms with Crippen molar-refractivity contribution in [3.63, 3.8) is 0 Å². The fourth-order valence-corrected chi connectivity index (χ4v) is 1.81. The van der Waals surface area contributed by atoms with Crippen molar-refractivity contribution in [3.05, 3.63) is 11.3 Å². The van der Waals surface area contributed by atoms with Crippen LogP contribution in [0.1, 0.15) is 32.0 Å². The molecule has 3 N–H and O–H groups in total. The van der Waals surface area contributed by atoms with Gasteiger partial charge in [0.1, 0.15) is 0 Å². The van der Waals surface area contributed by atoms with Gasteiger partial charge in [-0.2, -0.15) is 5.10 Å². The molecule has 4 heteroatoms. The number of rotatable bonds is 0. The van der Waals surface area contributed by atoms with Gasteiger partial charge in [0.25, 0.3) is 0 Å². The van der Waals surface area contributed by atoms with Gasteiger partial charge < -0.3 is 5.73 Å². The lowest BCUT2D eigenvalue weighted by Gasteiger charge is -2.24. The number of nitrogens with two attached hydrogens (primary N) is 1. The van der Waals surface area contributed by atoms with Crippen molar-refractivity contribution in [1.82, 2.24) is 10.2 Å². The second-order valence-electron chi connectivity index (χ2n) is 4.69. The van der Waals surface area contributed by atoms with E-state index in [1.807, 2.05) is 0 Å². The lowest BCUT2D eigenvalue weighted by Crippen LogP contribution is -2.26. The molecule has 1 aromatic rings. The molecule has 76 valence electrons. The normalized spacial score (nSPS) is 16.4. The molecule has 0 bridgehead atoms. The summed E-state index contributed by atoms with van der Waals surface area (Å²) in [6.07, 6.45) is 0.916. The van der Waals surface area contributed by atoms with Crippen LogP contribution in [0.2, 0.25) is 0 Å². The maximum atomic E-state index is 5.83. The molecule has 0 saturated heterocycles. The zero-order chi connectivity index (χ0) is 10.3. The number of aliphatic imine (C=N–C) groups is 1.